The molecule has 0 atom stereocenters. The molecule has 4 heteroatoms. The van der Waals surface area contributed by atoms with Crippen LogP contribution < -0.4 is 14.2 Å². The molecule has 4 nitrogen and oxygen atoms in total. The van der Waals surface area contributed by atoms with E-state index in [1.54, 1.807) is 14.2 Å². The Hall–Kier alpha value is -2.93. The summed E-state index contributed by atoms with van der Waals surface area (Å²) >= 11 is 0. The fraction of sp³-hybridized carbons (Fsp3) is 0.250. The average molecular weight is 323 g/mol. The van der Waals surface area contributed by atoms with Crippen molar-refractivity contribution in [2.24, 2.45) is 0 Å². The highest BCUT2D eigenvalue weighted by Gasteiger charge is 2.08. The number of rotatable bonds is 7. The van der Waals surface area contributed by atoms with E-state index < -0.39 is 0 Å². The molecule has 2 rings (SSSR count). The molecular weight excluding hydrogens is 302 g/mol. The molecule has 24 heavy (non-hydrogen) atoms. The third-order valence-corrected chi connectivity index (χ3v) is 3.67. The lowest BCUT2D eigenvalue weighted by molar-refractivity contribution is 0.284. The molecule has 0 bridgehead atoms. The summed E-state index contributed by atoms with van der Waals surface area (Å²) in [6.07, 6.45) is 2.41. The number of benzene rings is 2. The first-order valence-electron chi connectivity index (χ1n) is 7.68. The van der Waals surface area contributed by atoms with Crippen LogP contribution in [0.5, 0.6) is 17.2 Å². The van der Waals surface area contributed by atoms with Gasteiger partial charge < -0.3 is 14.2 Å². The molecule has 0 aliphatic carbocycles. The van der Waals surface area contributed by atoms with Gasteiger partial charge in [-0.3, -0.25) is 0 Å². The smallest absolute Gasteiger partial charge is 0.161 e. The van der Waals surface area contributed by atoms with Crippen LogP contribution in [-0.2, 0) is 13.0 Å². The molecule has 0 unspecified atom stereocenters. The Kier molecular flexibility index (Phi) is 6.27. The molecule has 0 radical (unpaired) electrons. The molecule has 2 aromatic rings. The van der Waals surface area contributed by atoms with E-state index in [2.05, 4.69) is 6.07 Å². The van der Waals surface area contributed by atoms with Gasteiger partial charge in [-0.05, 0) is 42.3 Å². The first-order chi connectivity index (χ1) is 11.7. The van der Waals surface area contributed by atoms with Gasteiger partial charge in [0.2, 0.25) is 0 Å². The number of allylic oxidation sites excluding steroid dienone is 2. The van der Waals surface area contributed by atoms with Crippen LogP contribution in [0.3, 0.4) is 0 Å². The quantitative estimate of drug-likeness (QED) is 0.713. The maximum Gasteiger partial charge on any atom is 0.161 e. The summed E-state index contributed by atoms with van der Waals surface area (Å²) in [6, 6.07) is 15.7. The zero-order valence-electron chi connectivity index (χ0n) is 14.2. The van der Waals surface area contributed by atoms with E-state index in [1.807, 2.05) is 55.5 Å². The van der Waals surface area contributed by atoms with E-state index in [9.17, 15) is 0 Å². The Morgan fingerprint density at radius 1 is 1.00 bits per heavy atom. The predicted molar refractivity (Wildman–Crippen MR) is 93.4 cm³/mol. The summed E-state index contributed by atoms with van der Waals surface area (Å²) in [5.41, 5.74) is 2.78. The molecule has 0 saturated carbocycles. The van der Waals surface area contributed by atoms with E-state index >= 15 is 0 Å². The van der Waals surface area contributed by atoms with Gasteiger partial charge in [0.05, 0.1) is 20.3 Å². The van der Waals surface area contributed by atoms with Crippen LogP contribution in [0.25, 0.3) is 0 Å². The molecule has 0 amide bonds. The lowest BCUT2D eigenvalue weighted by Crippen LogP contribution is -1.99. The zero-order valence-corrected chi connectivity index (χ0v) is 14.2. The highest BCUT2D eigenvalue weighted by atomic mass is 16.5. The highest BCUT2D eigenvalue weighted by Crippen LogP contribution is 2.29. The normalized spacial score (nSPS) is 10.8. The number of hydrogen-bond acceptors (Lipinski definition) is 4. The average Bonchev–Trinajstić information content (AvgIpc) is 2.65. The predicted octanol–water partition coefficient (Wildman–Crippen LogP) is 4.30. The van der Waals surface area contributed by atoms with Crippen LogP contribution in [0.15, 0.2) is 54.1 Å². The van der Waals surface area contributed by atoms with Crippen LogP contribution in [0.4, 0.5) is 0 Å². The van der Waals surface area contributed by atoms with Crippen LogP contribution in [-0.4, -0.2) is 14.2 Å². The molecule has 0 spiro atoms. The fourth-order valence-electron chi connectivity index (χ4n) is 2.25. The first kappa shape index (κ1) is 17.4. The maximum absolute atomic E-state index is 9.03. The number of nitrogens with zero attached hydrogens (tertiary/aromatic N) is 1. The number of nitriles is 1. The molecule has 2 aromatic carbocycles. The minimum Gasteiger partial charge on any atom is -0.497 e. The number of hydrogen-bond donors (Lipinski definition) is 0. The molecule has 0 aliphatic rings. The lowest BCUT2D eigenvalue weighted by Gasteiger charge is -2.12. The van der Waals surface area contributed by atoms with Crippen molar-refractivity contribution in [1.29, 1.82) is 5.26 Å². The van der Waals surface area contributed by atoms with Gasteiger partial charge in [-0.2, -0.15) is 5.26 Å². The molecule has 0 aliphatic heterocycles. The van der Waals surface area contributed by atoms with Gasteiger partial charge in [-0.1, -0.05) is 24.3 Å². The summed E-state index contributed by atoms with van der Waals surface area (Å²) in [5, 5.41) is 9.03. The van der Waals surface area contributed by atoms with Gasteiger partial charge in [0.1, 0.15) is 12.4 Å². The van der Waals surface area contributed by atoms with Crippen LogP contribution in [0.1, 0.15) is 18.1 Å². The van der Waals surface area contributed by atoms with Crippen molar-refractivity contribution in [2.45, 2.75) is 20.0 Å². The van der Waals surface area contributed by atoms with Crippen molar-refractivity contribution < 1.29 is 14.2 Å². The van der Waals surface area contributed by atoms with E-state index in [-0.39, 0.29) is 0 Å². The molecule has 124 valence electrons. The molecule has 0 heterocycles. The summed E-state index contributed by atoms with van der Waals surface area (Å²) in [4.78, 5) is 0. The van der Waals surface area contributed by atoms with Gasteiger partial charge in [0, 0.05) is 12.0 Å². The molecular formula is C20H21NO3. The van der Waals surface area contributed by atoms with Crippen molar-refractivity contribution in [3.63, 3.8) is 0 Å². The number of ether oxygens (including phenoxy) is 3. The Balaban J connectivity index is 2.08. The van der Waals surface area contributed by atoms with Gasteiger partial charge in [0.15, 0.2) is 11.5 Å². The topological polar surface area (TPSA) is 51.5 Å². The highest BCUT2D eigenvalue weighted by molar-refractivity contribution is 5.45. The lowest BCUT2D eigenvalue weighted by atomic mass is 10.1. The second-order valence-electron chi connectivity index (χ2n) is 5.22. The summed E-state index contributed by atoms with van der Waals surface area (Å²) < 4.78 is 16.4. The van der Waals surface area contributed by atoms with Crippen molar-refractivity contribution in [3.05, 3.63) is 65.2 Å². The SMILES string of the molecule is C/C=C(\C#N)Cc1ccc(OCc2ccc(OC)cc2)c(OC)c1. The molecule has 0 N–H and O–H groups in total. The van der Waals surface area contributed by atoms with Crippen LogP contribution in [0.2, 0.25) is 0 Å². The van der Waals surface area contributed by atoms with E-state index in [1.165, 1.54) is 0 Å². The second-order valence-corrected chi connectivity index (χ2v) is 5.22. The molecule has 0 aromatic heterocycles. The van der Waals surface area contributed by atoms with Gasteiger partial charge in [-0.25, -0.2) is 0 Å². The minimum absolute atomic E-state index is 0.442. The van der Waals surface area contributed by atoms with Crippen molar-refractivity contribution in [3.8, 4) is 23.3 Å². The third-order valence-electron chi connectivity index (χ3n) is 3.67. The van der Waals surface area contributed by atoms with Crippen molar-refractivity contribution >= 4 is 0 Å². The Labute approximate surface area is 142 Å². The van der Waals surface area contributed by atoms with Crippen LogP contribution >= 0.6 is 0 Å². The third kappa shape index (κ3) is 4.53. The fourth-order valence-corrected chi connectivity index (χ4v) is 2.25. The second kappa shape index (κ2) is 8.64. The summed E-state index contributed by atoms with van der Waals surface area (Å²) in [6.45, 7) is 2.31. The zero-order chi connectivity index (χ0) is 17.4. The van der Waals surface area contributed by atoms with E-state index in [4.69, 9.17) is 19.5 Å². The van der Waals surface area contributed by atoms with Crippen molar-refractivity contribution in [2.75, 3.05) is 14.2 Å². The Morgan fingerprint density at radius 2 is 1.71 bits per heavy atom. The Bertz CT molecular complexity index is 742. The molecule has 0 saturated heterocycles. The minimum atomic E-state index is 0.442. The monoisotopic (exact) mass is 323 g/mol. The maximum atomic E-state index is 9.03. The van der Waals surface area contributed by atoms with Crippen molar-refractivity contribution in [1.82, 2.24) is 0 Å². The first-order valence-corrected chi connectivity index (χ1v) is 7.68. The van der Waals surface area contributed by atoms with E-state index in [0.717, 1.165) is 22.4 Å². The number of methoxy groups -OCH3 is 2. The standard InChI is InChI=1S/C20H21NO3/c1-4-15(13-21)11-17-7-10-19(20(12-17)23-3)24-14-16-5-8-18(22-2)9-6-16/h4-10,12H,11,14H2,1-3H3/b15-4-. The van der Waals surface area contributed by atoms with Gasteiger partial charge in [0.25, 0.3) is 0 Å². The van der Waals surface area contributed by atoms with Gasteiger partial charge >= 0.3 is 0 Å². The summed E-state index contributed by atoms with van der Waals surface area (Å²) in [7, 11) is 3.25. The van der Waals surface area contributed by atoms with E-state index in [0.29, 0.717) is 24.5 Å². The largest absolute Gasteiger partial charge is 0.497 e. The van der Waals surface area contributed by atoms with Gasteiger partial charge in [-0.15, -0.1) is 0 Å². The molecule has 0 fully saturated rings. The van der Waals surface area contributed by atoms with Crippen LogP contribution in [0, 0.1) is 11.3 Å². The Morgan fingerprint density at radius 3 is 2.29 bits per heavy atom. The summed E-state index contributed by atoms with van der Waals surface area (Å²) in [5.74, 6) is 2.16.